The van der Waals surface area contributed by atoms with Gasteiger partial charge in [-0.3, -0.25) is 18.8 Å². The van der Waals surface area contributed by atoms with Gasteiger partial charge in [-0.25, -0.2) is 4.98 Å². The second kappa shape index (κ2) is 9.05. The number of thiazole rings is 1. The molecular weight excluding hydrogens is 470 g/mol. The molecule has 2 aromatic heterocycles. The Morgan fingerprint density at radius 1 is 0.912 bits per heavy atom. The second-order valence-electron chi connectivity index (χ2n) is 7.42. The zero-order valence-electron chi connectivity index (χ0n) is 17.6. The highest BCUT2D eigenvalue weighted by Crippen LogP contribution is 2.26. The molecule has 2 heterocycles. The maximum atomic E-state index is 13.3. The van der Waals surface area contributed by atoms with Gasteiger partial charge in [0.25, 0.3) is 11.5 Å². The zero-order valence-corrected chi connectivity index (χ0v) is 19.1. The minimum Gasteiger partial charge on any atom is -0.321 e. The van der Waals surface area contributed by atoms with Gasteiger partial charge < -0.3 is 5.32 Å². The van der Waals surface area contributed by atoms with Crippen LogP contribution in [0.5, 0.6) is 0 Å². The van der Waals surface area contributed by atoms with Crippen molar-refractivity contribution in [3.63, 3.8) is 0 Å². The lowest BCUT2D eigenvalue weighted by atomic mass is 10.0. The summed E-state index contributed by atoms with van der Waals surface area (Å²) in [7, 11) is 0. The number of hydrogen-bond acceptors (Lipinski definition) is 5. The molecule has 0 saturated heterocycles. The van der Waals surface area contributed by atoms with E-state index < -0.39 is 11.5 Å². The van der Waals surface area contributed by atoms with Crippen LogP contribution in [-0.2, 0) is 0 Å². The molecule has 1 N–H and O–H groups in total. The van der Waals surface area contributed by atoms with Crippen molar-refractivity contribution in [2.45, 2.75) is 0 Å². The van der Waals surface area contributed by atoms with Crippen LogP contribution in [0.3, 0.4) is 0 Å². The van der Waals surface area contributed by atoms with Crippen molar-refractivity contribution in [2.75, 3.05) is 5.32 Å². The predicted molar refractivity (Wildman–Crippen MR) is 134 cm³/mol. The smallest absolute Gasteiger partial charge is 0.271 e. The Morgan fingerprint density at radius 2 is 1.62 bits per heavy atom. The number of anilines is 1. The van der Waals surface area contributed by atoms with Crippen LogP contribution < -0.4 is 10.9 Å². The largest absolute Gasteiger partial charge is 0.321 e. The van der Waals surface area contributed by atoms with E-state index in [1.165, 1.54) is 28.0 Å². The molecule has 34 heavy (non-hydrogen) atoms. The van der Waals surface area contributed by atoms with Gasteiger partial charge in [-0.15, -0.1) is 11.3 Å². The molecule has 0 aliphatic rings. The van der Waals surface area contributed by atoms with Gasteiger partial charge >= 0.3 is 0 Å². The molecule has 0 aliphatic carbocycles. The standard InChI is InChI=1S/C26H16ClN3O3S/c27-18-11-12-21(19(13-18)23(31)17-9-5-2-6-10-17)29-24(32)20-14-28-26-30(25(20)33)22(15-34-26)16-7-3-1-4-8-16/h1-15H,(H,29,32). The number of rotatable bonds is 5. The first-order valence-electron chi connectivity index (χ1n) is 10.3. The van der Waals surface area contributed by atoms with Crippen LogP contribution >= 0.6 is 22.9 Å². The van der Waals surface area contributed by atoms with E-state index in [0.717, 1.165) is 5.56 Å². The number of halogens is 1. The monoisotopic (exact) mass is 485 g/mol. The fourth-order valence-corrected chi connectivity index (χ4v) is 4.64. The van der Waals surface area contributed by atoms with E-state index in [1.54, 1.807) is 36.4 Å². The van der Waals surface area contributed by atoms with Crippen LogP contribution in [0.15, 0.2) is 95.2 Å². The number of benzene rings is 3. The lowest BCUT2D eigenvalue weighted by molar-refractivity contribution is 0.102. The second-order valence-corrected chi connectivity index (χ2v) is 8.69. The van der Waals surface area contributed by atoms with Gasteiger partial charge in [0.1, 0.15) is 5.56 Å². The van der Waals surface area contributed by atoms with Crippen LogP contribution in [0.4, 0.5) is 5.69 Å². The first-order valence-corrected chi connectivity index (χ1v) is 11.5. The molecule has 0 atom stereocenters. The van der Waals surface area contributed by atoms with Gasteiger partial charge in [-0.1, -0.05) is 72.3 Å². The SMILES string of the molecule is O=C(c1ccccc1)c1cc(Cl)ccc1NC(=O)c1cnc2scc(-c3ccccc3)n2c1=O. The summed E-state index contributed by atoms with van der Waals surface area (Å²) in [5.74, 6) is -0.963. The van der Waals surface area contributed by atoms with Crippen LogP contribution in [0.25, 0.3) is 16.2 Å². The highest BCUT2D eigenvalue weighted by atomic mass is 35.5. The number of fused-ring (bicyclic) bond motifs is 1. The average molecular weight is 486 g/mol. The summed E-state index contributed by atoms with van der Waals surface area (Å²) in [5.41, 5.74) is 1.79. The first-order chi connectivity index (χ1) is 16.5. The summed E-state index contributed by atoms with van der Waals surface area (Å²) in [4.78, 5) is 44.3. The van der Waals surface area contributed by atoms with Gasteiger partial charge in [0.15, 0.2) is 10.7 Å². The van der Waals surface area contributed by atoms with Gasteiger partial charge in [0, 0.05) is 27.7 Å². The average Bonchev–Trinajstić information content (AvgIpc) is 3.31. The Morgan fingerprint density at radius 3 is 2.35 bits per heavy atom. The van der Waals surface area contributed by atoms with Gasteiger partial charge in [-0.2, -0.15) is 0 Å². The third-order valence-corrected chi connectivity index (χ3v) is 6.35. The molecular formula is C26H16ClN3O3S. The molecule has 5 rings (SSSR count). The van der Waals surface area contributed by atoms with E-state index in [9.17, 15) is 14.4 Å². The van der Waals surface area contributed by atoms with Crippen LogP contribution in [0.2, 0.25) is 5.02 Å². The van der Waals surface area contributed by atoms with Crippen molar-refractivity contribution in [2.24, 2.45) is 0 Å². The molecule has 0 radical (unpaired) electrons. The number of aromatic nitrogens is 2. The minimum absolute atomic E-state index is 0.138. The molecule has 0 saturated carbocycles. The van der Waals surface area contributed by atoms with E-state index in [1.807, 2.05) is 41.8 Å². The van der Waals surface area contributed by atoms with Gasteiger partial charge in [0.2, 0.25) is 0 Å². The predicted octanol–water partition coefficient (Wildman–Crippen LogP) is 5.56. The molecule has 0 unspecified atom stereocenters. The number of carbonyl (C=O) groups is 2. The van der Waals surface area contributed by atoms with Crippen molar-refractivity contribution in [1.29, 1.82) is 0 Å². The molecule has 166 valence electrons. The van der Waals surface area contributed by atoms with Crippen molar-refractivity contribution in [3.8, 4) is 11.3 Å². The molecule has 0 spiro atoms. The lowest BCUT2D eigenvalue weighted by Crippen LogP contribution is -2.27. The fraction of sp³-hybridized carbons (Fsp3) is 0. The molecule has 0 aliphatic heterocycles. The molecule has 5 aromatic rings. The van der Waals surface area contributed by atoms with E-state index >= 15 is 0 Å². The quantitative estimate of drug-likeness (QED) is 0.330. The summed E-state index contributed by atoms with van der Waals surface area (Å²) in [6.45, 7) is 0. The Bertz CT molecular complexity index is 1590. The molecule has 1 amide bonds. The number of nitrogens with zero attached hydrogens (tertiary/aromatic N) is 2. The van der Waals surface area contributed by atoms with Crippen LogP contribution in [-0.4, -0.2) is 21.1 Å². The zero-order chi connectivity index (χ0) is 23.7. The van der Waals surface area contributed by atoms with E-state index in [4.69, 9.17) is 11.6 Å². The first kappa shape index (κ1) is 21.8. The maximum absolute atomic E-state index is 13.3. The van der Waals surface area contributed by atoms with Crippen molar-refractivity contribution in [3.05, 3.63) is 123 Å². The topological polar surface area (TPSA) is 80.5 Å². The maximum Gasteiger partial charge on any atom is 0.271 e. The molecule has 3 aromatic carbocycles. The minimum atomic E-state index is -0.665. The lowest BCUT2D eigenvalue weighted by Gasteiger charge is -2.11. The van der Waals surface area contributed by atoms with Crippen molar-refractivity contribution >= 4 is 45.3 Å². The highest BCUT2D eigenvalue weighted by Gasteiger charge is 2.20. The summed E-state index contributed by atoms with van der Waals surface area (Å²) >= 11 is 7.44. The summed E-state index contributed by atoms with van der Waals surface area (Å²) in [6, 6.07) is 22.7. The Labute approximate surface area is 203 Å². The van der Waals surface area contributed by atoms with Crippen molar-refractivity contribution < 1.29 is 9.59 Å². The van der Waals surface area contributed by atoms with E-state index in [0.29, 0.717) is 21.2 Å². The third-order valence-electron chi connectivity index (χ3n) is 5.27. The third kappa shape index (κ3) is 4.03. The van der Waals surface area contributed by atoms with Crippen LogP contribution in [0, 0.1) is 0 Å². The number of carbonyl (C=O) groups excluding carboxylic acids is 2. The molecule has 0 bridgehead atoms. The van der Waals surface area contributed by atoms with Crippen LogP contribution in [0.1, 0.15) is 26.3 Å². The number of ketones is 1. The van der Waals surface area contributed by atoms with Crippen molar-refractivity contribution in [1.82, 2.24) is 9.38 Å². The van der Waals surface area contributed by atoms with E-state index in [-0.39, 0.29) is 22.6 Å². The Balaban J connectivity index is 1.54. The summed E-state index contributed by atoms with van der Waals surface area (Å²) in [5, 5.41) is 4.88. The number of nitrogens with one attached hydrogen (secondary N) is 1. The highest BCUT2D eigenvalue weighted by molar-refractivity contribution is 7.15. The fourth-order valence-electron chi connectivity index (χ4n) is 3.61. The molecule has 0 fully saturated rings. The van der Waals surface area contributed by atoms with Gasteiger partial charge in [0.05, 0.1) is 11.4 Å². The van der Waals surface area contributed by atoms with Gasteiger partial charge in [-0.05, 0) is 23.8 Å². The number of hydrogen-bond donors (Lipinski definition) is 1. The normalized spacial score (nSPS) is 10.9. The molecule has 6 nitrogen and oxygen atoms in total. The summed E-state index contributed by atoms with van der Waals surface area (Å²) < 4.78 is 1.42. The Kier molecular flexibility index (Phi) is 5.79. The molecule has 8 heteroatoms. The number of amides is 1. The van der Waals surface area contributed by atoms with E-state index in [2.05, 4.69) is 10.3 Å². The summed E-state index contributed by atoms with van der Waals surface area (Å²) in [6.07, 6.45) is 1.26. The Hall–Kier alpha value is -4.07.